The number of benzene rings is 2. The van der Waals surface area contributed by atoms with E-state index >= 15 is 0 Å². The van der Waals surface area contributed by atoms with Crippen molar-refractivity contribution in [2.45, 2.75) is 57.7 Å². The maximum atomic E-state index is 13.3. The van der Waals surface area contributed by atoms with Gasteiger partial charge in [-0.25, -0.2) is 4.79 Å². The van der Waals surface area contributed by atoms with Crippen LogP contribution in [0.1, 0.15) is 39.2 Å². The zero-order chi connectivity index (χ0) is 27.7. The summed E-state index contributed by atoms with van der Waals surface area (Å²) in [7, 11) is 0. The summed E-state index contributed by atoms with van der Waals surface area (Å²) in [5, 5.41) is 17.8. The fourth-order valence-electron chi connectivity index (χ4n) is 3.70. The van der Waals surface area contributed by atoms with E-state index in [9.17, 15) is 24.3 Å². The smallest absolute Gasteiger partial charge is 0.408 e. The number of nitrogens with zero attached hydrogens (tertiary/aromatic N) is 1. The number of carbonyl (C=O) groups is 4. The molecular formula is C28H32N4O6. The highest BCUT2D eigenvalue weighted by molar-refractivity contribution is 5.99. The van der Waals surface area contributed by atoms with E-state index in [1.54, 1.807) is 26.8 Å². The third kappa shape index (κ3) is 8.88. The van der Waals surface area contributed by atoms with Crippen LogP contribution >= 0.6 is 0 Å². The lowest BCUT2D eigenvalue weighted by molar-refractivity contribution is -0.140. The van der Waals surface area contributed by atoms with Crippen LogP contribution in [0.25, 0.3) is 10.9 Å². The van der Waals surface area contributed by atoms with Gasteiger partial charge in [0.1, 0.15) is 17.7 Å². The van der Waals surface area contributed by atoms with Crippen LogP contribution < -0.4 is 16.0 Å². The highest BCUT2D eigenvalue weighted by Crippen LogP contribution is 2.17. The van der Waals surface area contributed by atoms with Crippen LogP contribution in [0.4, 0.5) is 10.5 Å². The lowest BCUT2D eigenvalue weighted by atomic mass is 10.0. The molecule has 10 heteroatoms. The first-order valence-electron chi connectivity index (χ1n) is 12.2. The summed E-state index contributed by atoms with van der Waals surface area (Å²) < 4.78 is 5.16. The number of nitrogens with one attached hydrogen (secondary N) is 3. The lowest BCUT2D eigenvalue weighted by Gasteiger charge is -2.24. The molecule has 3 aromatic rings. The van der Waals surface area contributed by atoms with Gasteiger partial charge in [-0.3, -0.25) is 19.4 Å². The van der Waals surface area contributed by atoms with Crippen molar-refractivity contribution >= 4 is 40.5 Å². The second kappa shape index (κ2) is 12.7. The number of alkyl carbamates (subject to hydrolysis) is 1. The van der Waals surface area contributed by atoms with Gasteiger partial charge < -0.3 is 25.8 Å². The first-order valence-corrected chi connectivity index (χ1v) is 12.2. The zero-order valence-corrected chi connectivity index (χ0v) is 21.6. The molecule has 3 rings (SSSR count). The first kappa shape index (κ1) is 28.1. The first-order chi connectivity index (χ1) is 18.0. The van der Waals surface area contributed by atoms with Crippen molar-refractivity contribution in [1.82, 2.24) is 15.6 Å². The van der Waals surface area contributed by atoms with Crippen LogP contribution in [0.2, 0.25) is 0 Å². The number of carbonyl (C=O) groups excluding carboxylic acids is 3. The van der Waals surface area contributed by atoms with Crippen LogP contribution in [-0.4, -0.2) is 51.7 Å². The van der Waals surface area contributed by atoms with Gasteiger partial charge in [-0.1, -0.05) is 48.5 Å². The van der Waals surface area contributed by atoms with E-state index in [0.717, 1.165) is 16.5 Å². The van der Waals surface area contributed by atoms with Gasteiger partial charge in [0.05, 0.1) is 23.8 Å². The van der Waals surface area contributed by atoms with Crippen LogP contribution in [0.15, 0.2) is 66.9 Å². The maximum absolute atomic E-state index is 13.3. The predicted octanol–water partition coefficient (Wildman–Crippen LogP) is 3.66. The number of rotatable bonds is 10. The summed E-state index contributed by atoms with van der Waals surface area (Å²) in [5.41, 5.74) is 1.33. The molecule has 2 atom stereocenters. The second-order valence-electron chi connectivity index (χ2n) is 9.79. The van der Waals surface area contributed by atoms with Gasteiger partial charge in [0.15, 0.2) is 0 Å². The number of anilines is 1. The van der Waals surface area contributed by atoms with Gasteiger partial charge in [0.25, 0.3) is 0 Å². The molecule has 38 heavy (non-hydrogen) atoms. The number of aryl methyl sites for hydroxylation is 1. The van der Waals surface area contributed by atoms with Crippen LogP contribution in [0, 0.1) is 0 Å². The molecule has 0 bridgehead atoms. The summed E-state index contributed by atoms with van der Waals surface area (Å²) in [6.45, 7) is 4.93. The summed E-state index contributed by atoms with van der Waals surface area (Å²) in [4.78, 5) is 54.4. The zero-order valence-electron chi connectivity index (χ0n) is 21.6. The number of ether oxygens (including phenoxy) is 1. The van der Waals surface area contributed by atoms with Crippen molar-refractivity contribution in [1.29, 1.82) is 0 Å². The van der Waals surface area contributed by atoms with Gasteiger partial charge in [-0.2, -0.15) is 0 Å². The molecule has 10 nitrogen and oxygen atoms in total. The minimum Gasteiger partial charge on any atom is -0.481 e. The Kier molecular flexibility index (Phi) is 9.37. The van der Waals surface area contributed by atoms with Crippen LogP contribution in [0.3, 0.4) is 0 Å². The fraction of sp³-hybridized carbons (Fsp3) is 0.321. The van der Waals surface area contributed by atoms with Gasteiger partial charge >= 0.3 is 12.1 Å². The largest absolute Gasteiger partial charge is 0.481 e. The van der Waals surface area contributed by atoms with Gasteiger partial charge in [-0.05, 0) is 51.3 Å². The molecule has 4 N–H and O–H groups in total. The average molecular weight is 521 g/mol. The molecule has 0 unspecified atom stereocenters. The average Bonchev–Trinajstić information content (AvgIpc) is 2.85. The quantitative estimate of drug-likeness (QED) is 0.319. The number of fused-ring (bicyclic) bond motifs is 1. The highest BCUT2D eigenvalue weighted by atomic mass is 16.6. The van der Waals surface area contributed by atoms with E-state index < -0.39 is 48.0 Å². The predicted molar refractivity (Wildman–Crippen MR) is 142 cm³/mol. The summed E-state index contributed by atoms with van der Waals surface area (Å²) in [5.74, 6) is -2.62. The molecule has 0 saturated heterocycles. The summed E-state index contributed by atoms with van der Waals surface area (Å²) >= 11 is 0. The van der Waals surface area contributed by atoms with Crippen molar-refractivity contribution in [3.8, 4) is 0 Å². The van der Waals surface area contributed by atoms with Gasteiger partial charge in [0.2, 0.25) is 11.8 Å². The third-order valence-electron chi connectivity index (χ3n) is 5.44. The number of hydrogen-bond donors (Lipinski definition) is 4. The van der Waals surface area contributed by atoms with Crippen molar-refractivity contribution < 1.29 is 29.0 Å². The van der Waals surface area contributed by atoms with E-state index in [4.69, 9.17) is 4.74 Å². The Morgan fingerprint density at radius 3 is 2.29 bits per heavy atom. The minimum atomic E-state index is -1.45. The number of aromatic nitrogens is 1. The molecule has 3 amide bonds. The number of carboxylic acid groups (broad SMARTS) is 1. The molecule has 0 spiro atoms. The lowest BCUT2D eigenvalue weighted by Crippen LogP contribution is -2.54. The number of carboxylic acids is 1. The van der Waals surface area contributed by atoms with Crippen molar-refractivity contribution in [2.24, 2.45) is 0 Å². The number of pyridine rings is 1. The number of amides is 3. The van der Waals surface area contributed by atoms with E-state index in [1.165, 1.54) is 6.20 Å². The summed E-state index contributed by atoms with van der Waals surface area (Å²) in [6, 6.07) is 16.2. The Morgan fingerprint density at radius 1 is 0.921 bits per heavy atom. The maximum Gasteiger partial charge on any atom is 0.408 e. The molecule has 1 aromatic heterocycles. The molecule has 0 aliphatic rings. The second-order valence-corrected chi connectivity index (χ2v) is 9.79. The summed E-state index contributed by atoms with van der Waals surface area (Å²) in [6.07, 6.45) is 0.597. The Hall–Kier alpha value is -4.47. The molecule has 1 heterocycles. The molecule has 0 aliphatic heterocycles. The SMILES string of the molecule is CC(C)(C)OC(=O)N[C@@H](CC(=O)O)C(=O)N[C@H](CCc1ccccc1)C(=O)Nc1cnc2ccccc2c1. The van der Waals surface area contributed by atoms with Gasteiger partial charge in [-0.15, -0.1) is 0 Å². The van der Waals surface area contributed by atoms with E-state index in [0.29, 0.717) is 12.1 Å². The van der Waals surface area contributed by atoms with Crippen molar-refractivity contribution in [3.05, 3.63) is 72.4 Å². The monoisotopic (exact) mass is 520 g/mol. The molecule has 0 aliphatic carbocycles. The van der Waals surface area contributed by atoms with E-state index in [-0.39, 0.29) is 6.42 Å². The highest BCUT2D eigenvalue weighted by Gasteiger charge is 2.30. The number of aliphatic carboxylic acids is 1. The molecule has 0 saturated carbocycles. The Morgan fingerprint density at radius 2 is 1.61 bits per heavy atom. The number of para-hydroxylation sites is 1. The van der Waals surface area contributed by atoms with E-state index in [2.05, 4.69) is 20.9 Å². The van der Waals surface area contributed by atoms with Gasteiger partial charge in [0, 0.05) is 5.39 Å². The van der Waals surface area contributed by atoms with Crippen LogP contribution in [-0.2, 0) is 25.5 Å². The standard InChI is InChI=1S/C28H32N4O6/c1-28(2,3)38-27(37)32-23(16-24(33)34)26(36)31-22(14-13-18-9-5-4-6-10-18)25(35)30-20-15-19-11-7-8-12-21(19)29-17-20/h4-12,15,17,22-23H,13-14,16H2,1-3H3,(H,30,35)(H,31,36)(H,32,37)(H,33,34)/t22-,23+/m1/s1. The Bertz CT molecular complexity index is 1290. The van der Waals surface area contributed by atoms with Crippen molar-refractivity contribution in [3.63, 3.8) is 0 Å². The minimum absolute atomic E-state index is 0.231. The molecule has 0 fully saturated rings. The third-order valence-corrected chi connectivity index (χ3v) is 5.44. The molecule has 200 valence electrons. The normalized spacial score (nSPS) is 12.7. The molecule has 0 radical (unpaired) electrons. The number of hydrogen-bond acceptors (Lipinski definition) is 6. The Labute approximate surface area is 220 Å². The molecular weight excluding hydrogens is 488 g/mol. The van der Waals surface area contributed by atoms with Crippen LogP contribution in [0.5, 0.6) is 0 Å². The molecule has 2 aromatic carbocycles. The van der Waals surface area contributed by atoms with E-state index in [1.807, 2.05) is 54.6 Å². The van der Waals surface area contributed by atoms with Crippen molar-refractivity contribution in [2.75, 3.05) is 5.32 Å². The Balaban J connectivity index is 1.77. The fourth-order valence-corrected chi connectivity index (χ4v) is 3.70. The topological polar surface area (TPSA) is 147 Å².